The summed E-state index contributed by atoms with van der Waals surface area (Å²) in [7, 11) is -1.31. The Morgan fingerprint density at radius 1 is 1.27 bits per heavy atom. The van der Waals surface area contributed by atoms with Crippen LogP contribution in [0.3, 0.4) is 0 Å². The van der Waals surface area contributed by atoms with Crippen molar-refractivity contribution in [2.45, 2.75) is 11.5 Å². The molecular formula is C14H10ClFN2O3S. The Labute approximate surface area is 132 Å². The summed E-state index contributed by atoms with van der Waals surface area (Å²) >= 11 is 5.91. The van der Waals surface area contributed by atoms with E-state index >= 15 is 0 Å². The molecule has 3 aromatic rings. The van der Waals surface area contributed by atoms with Crippen molar-refractivity contribution in [3.05, 3.63) is 58.9 Å². The zero-order chi connectivity index (χ0) is 15.5. The predicted molar refractivity (Wildman–Crippen MR) is 79.0 cm³/mol. The van der Waals surface area contributed by atoms with E-state index in [2.05, 4.69) is 10.1 Å². The topological polar surface area (TPSA) is 69.1 Å². The maximum Gasteiger partial charge on any atom is 0.239 e. The third-order valence-electron chi connectivity index (χ3n) is 2.83. The molecule has 0 N–H and O–H groups in total. The second kappa shape index (κ2) is 6.41. The quantitative estimate of drug-likeness (QED) is 0.710. The van der Waals surface area contributed by atoms with Crippen molar-refractivity contribution in [3.63, 3.8) is 0 Å². The Hall–Kier alpha value is -1.99. The van der Waals surface area contributed by atoms with E-state index in [1.54, 1.807) is 12.1 Å². The van der Waals surface area contributed by atoms with Crippen LogP contribution in [0.15, 0.2) is 45.5 Å². The molecule has 0 unspecified atom stereocenters. The van der Waals surface area contributed by atoms with Gasteiger partial charge in [0.05, 0.1) is 12.0 Å². The molecule has 0 radical (unpaired) electrons. The highest BCUT2D eigenvalue weighted by Crippen LogP contribution is 2.20. The van der Waals surface area contributed by atoms with Gasteiger partial charge in [-0.05, 0) is 29.8 Å². The van der Waals surface area contributed by atoms with Crippen molar-refractivity contribution >= 4 is 22.4 Å². The molecule has 0 saturated heterocycles. The van der Waals surface area contributed by atoms with E-state index in [1.165, 1.54) is 24.5 Å². The van der Waals surface area contributed by atoms with Crippen LogP contribution in [0.5, 0.6) is 0 Å². The van der Waals surface area contributed by atoms with Gasteiger partial charge in [-0.25, -0.2) is 4.39 Å². The monoisotopic (exact) mass is 340 g/mol. The maximum atomic E-state index is 13.0. The van der Waals surface area contributed by atoms with E-state index in [4.69, 9.17) is 20.5 Å². The fourth-order valence-electron chi connectivity index (χ4n) is 1.82. The molecule has 1 atom stereocenters. The molecule has 1 aromatic carbocycles. The van der Waals surface area contributed by atoms with E-state index < -0.39 is 16.6 Å². The summed E-state index contributed by atoms with van der Waals surface area (Å²) in [5, 5.41) is 4.00. The largest absolute Gasteiger partial charge is 0.461 e. The van der Waals surface area contributed by atoms with Gasteiger partial charge in [-0.2, -0.15) is 4.98 Å². The molecule has 2 heterocycles. The van der Waals surface area contributed by atoms with Crippen LogP contribution in [0.4, 0.5) is 4.39 Å². The minimum Gasteiger partial charge on any atom is -0.461 e. The van der Waals surface area contributed by atoms with Gasteiger partial charge in [-0.1, -0.05) is 22.8 Å². The standard InChI is InChI=1S/C14H10ClFN2O3S/c15-11-6-10(16)4-3-9(11)7-22(19)8-13-17-14(18-21-13)12-2-1-5-20-12/h1-6H,7-8H2/t22-/m0/s1. The van der Waals surface area contributed by atoms with Crippen LogP contribution < -0.4 is 0 Å². The van der Waals surface area contributed by atoms with Crippen molar-refractivity contribution < 1.29 is 17.5 Å². The summed E-state index contributed by atoms with van der Waals surface area (Å²) in [4.78, 5) is 4.11. The lowest BCUT2D eigenvalue weighted by Gasteiger charge is -2.03. The molecule has 0 saturated carbocycles. The van der Waals surface area contributed by atoms with Crippen molar-refractivity contribution in [1.29, 1.82) is 0 Å². The van der Waals surface area contributed by atoms with Crippen LogP contribution >= 0.6 is 11.6 Å². The van der Waals surface area contributed by atoms with Crippen molar-refractivity contribution in [1.82, 2.24) is 10.1 Å². The summed E-state index contributed by atoms with van der Waals surface area (Å²) in [5.74, 6) is 0.848. The van der Waals surface area contributed by atoms with E-state index in [0.717, 1.165) is 0 Å². The fourth-order valence-corrected chi connectivity index (χ4v) is 3.23. The number of halogens is 2. The summed E-state index contributed by atoms with van der Waals surface area (Å²) in [6, 6.07) is 7.39. The first kappa shape index (κ1) is 14.9. The molecule has 114 valence electrons. The Kier molecular flexibility index (Phi) is 4.35. The van der Waals surface area contributed by atoms with Gasteiger partial charge >= 0.3 is 0 Å². The van der Waals surface area contributed by atoms with Crippen LogP contribution in [0.1, 0.15) is 11.5 Å². The lowest BCUT2D eigenvalue weighted by molar-refractivity contribution is 0.389. The lowest BCUT2D eigenvalue weighted by Crippen LogP contribution is -2.00. The Balaban J connectivity index is 1.67. The molecule has 0 spiro atoms. The van der Waals surface area contributed by atoms with Crippen molar-refractivity contribution in [3.8, 4) is 11.6 Å². The minimum absolute atomic E-state index is 0.0847. The normalized spacial score (nSPS) is 12.5. The van der Waals surface area contributed by atoms with Gasteiger partial charge in [-0.3, -0.25) is 4.21 Å². The average Bonchev–Trinajstić information content (AvgIpc) is 3.12. The summed E-state index contributed by atoms with van der Waals surface area (Å²) in [5.41, 5.74) is 0.604. The second-order valence-corrected chi connectivity index (χ2v) is 6.32. The zero-order valence-electron chi connectivity index (χ0n) is 11.2. The molecule has 0 aliphatic heterocycles. The highest BCUT2D eigenvalue weighted by Gasteiger charge is 2.14. The van der Waals surface area contributed by atoms with Crippen molar-refractivity contribution in [2.24, 2.45) is 0 Å². The lowest BCUT2D eigenvalue weighted by atomic mass is 10.2. The van der Waals surface area contributed by atoms with Crippen molar-refractivity contribution in [2.75, 3.05) is 0 Å². The number of hydrogen-bond donors (Lipinski definition) is 0. The minimum atomic E-state index is -1.31. The van der Waals surface area contributed by atoms with E-state index in [0.29, 0.717) is 17.1 Å². The zero-order valence-corrected chi connectivity index (χ0v) is 12.7. The molecule has 0 aliphatic carbocycles. The number of benzene rings is 1. The van der Waals surface area contributed by atoms with Gasteiger partial charge in [0, 0.05) is 15.8 Å². The van der Waals surface area contributed by atoms with E-state index in [-0.39, 0.29) is 22.4 Å². The molecule has 22 heavy (non-hydrogen) atoms. The summed E-state index contributed by atoms with van der Waals surface area (Å²) < 4.78 is 35.3. The Morgan fingerprint density at radius 2 is 2.14 bits per heavy atom. The second-order valence-electron chi connectivity index (χ2n) is 4.45. The van der Waals surface area contributed by atoms with E-state index in [1.807, 2.05) is 0 Å². The third kappa shape index (κ3) is 3.42. The number of aromatic nitrogens is 2. The first-order valence-corrected chi connectivity index (χ1v) is 8.14. The molecule has 0 bridgehead atoms. The third-order valence-corrected chi connectivity index (χ3v) is 4.38. The number of hydrogen-bond acceptors (Lipinski definition) is 5. The molecule has 5 nitrogen and oxygen atoms in total. The van der Waals surface area contributed by atoms with Gasteiger partial charge in [0.2, 0.25) is 11.7 Å². The van der Waals surface area contributed by atoms with Gasteiger partial charge in [0.25, 0.3) is 0 Å². The van der Waals surface area contributed by atoms with Crippen LogP contribution in [0, 0.1) is 5.82 Å². The fraction of sp³-hybridized carbons (Fsp3) is 0.143. The molecule has 3 rings (SSSR count). The first-order chi connectivity index (χ1) is 10.6. The van der Waals surface area contributed by atoms with Gasteiger partial charge in [-0.15, -0.1) is 0 Å². The number of furan rings is 1. The SMILES string of the molecule is O=[S@](Cc1nc(-c2ccco2)no1)Cc1ccc(F)cc1Cl. The molecule has 2 aromatic heterocycles. The van der Waals surface area contributed by atoms with Crippen LogP contribution in [-0.4, -0.2) is 14.3 Å². The van der Waals surface area contributed by atoms with Gasteiger partial charge in [0.1, 0.15) is 11.6 Å². The van der Waals surface area contributed by atoms with E-state index in [9.17, 15) is 8.60 Å². The smallest absolute Gasteiger partial charge is 0.239 e. The first-order valence-electron chi connectivity index (χ1n) is 6.27. The molecule has 0 amide bonds. The Bertz CT molecular complexity index is 804. The number of rotatable bonds is 5. The number of nitrogens with zero attached hydrogens (tertiary/aromatic N) is 2. The average molecular weight is 341 g/mol. The predicted octanol–water partition coefficient (Wildman–Crippen LogP) is 3.57. The summed E-state index contributed by atoms with van der Waals surface area (Å²) in [6.45, 7) is 0. The van der Waals surface area contributed by atoms with Gasteiger partial charge < -0.3 is 8.94 Å². The van der Waals surface area contributed by atoms with Crippen LogP contribution in [0.25, 0.3) is 11.6 Å². The van der Waals surface area contributed by atoms with Crippen LogP contribution in [0.2, 0.25) is 5.02 Å². The van der Waals surface area contributed by atoms with Crippen LogP contribution in [-0.2, 0) is 22.3 Å². The summed E-state index contributed by atoms with van der Waals surface area (Å²) in [6.07, 6.45) is 1.50. The highest BCUT2D eigenvalue weighted by molar-refractivity contribution is 7.83. The Morgan fingerprint density at radius 3 is 2.86 bits per heavy atom. The molecule has 0 fully saturated rings. The molecule has 8 heteroatoms. The molecule has 0 aliphatic rings. The highest BCUT2D eigenvalue weighted by atomic mass is 35.5. The molecular weight excluding hydrogens is 331 g/mol. The van der Waals surface area contributed by atoms with Gasteiger partial charge in [0.15, 0.2) is 5.76 Å². The maximum absolute atomic E-state index is 13.0.